The number of aliphatic hydroxyl groups is 2. The summed E-state index contributed by atoms with van der Waals surface area (Å²) in [5, 5.41) is 19.3. The molecule has 0 aromatic carbocycles. The third-order valence-corrected chi connectivity index (χ3v) is 5.08. The number of rotatable bonds is 3. The number of anilines is 1. The Balaban J connectivity index is 1.86. The Labute approximate surface area is 142 Å². The van der Waals surface area contributed by atoms with Crippen molar-refractivity contribution < 1.29 is 14.9 Å². The van der Waals surface area contributed by atoms with Crippen LogP contribution in [0.5, 0.6) is 5.75 Å². The highest BCUT2D eigenvalue weighted by Gasteiger charge is 2.33. The molecular formula is C16H20N4O5. The van der Waals surface area contributed by atoms with E-state index in [1.807, 2.05) is 11.8 Å². The molecule has 0 spiro atoms. The Morgan fingerprint density at radius 3 is 3.04 bits per heavy atom. The normalized spacial score (nSPS) is 23.7. The quantitative estimate of drug-likeness (QED) is 0.665. The van der Waals surface area contributed by atoms with Crippen LogP contribution in [0.25, 0.3) is 10.9 Å². The van der Waals surface area contributed by atoms with E-state index >= 15 is 0 Å². The summed E-state index contributed by atoms with van der Waals surface area (Å²) < 4.78 is 7.39. The highest BCUT2D eigenvalue weighted by Crippen LogP contribution is 2.38. The Morgan fingerprint density at radius 1 is 1.48 bits per heavy atom. The first-order valence-corrected chi connectivity index (χ1v) is 8.35. The van der Waals surface area contributed by atoms with E-state index in [4.69, 9.17) is 9.84 Å². The van der Waals surface area contributed by atoms with Crippen LogP contribution >= 0.6 is 0 Å². The molecule has 3 atom stereocenters. The van der Waals surface area contributed by atoms with Crippen LogP contribution < -0.4 is 20.9 Å². The van der Waals surface area contributed by atoms with Crippen molar-refractivity contribution in [3.8, 4) is 5.75 Å². The van der Waals surface area contributed by atoms with Crippen molar-refractivity contribution in [2.75, 3.05) is 31.2 Å². The van der Waals surface area contributed by atoms with Gasteiger partial charge in [0, 0.05) is 25.2 Å². The summed E-state index contributed by atoms with van der Waals surface area (Å²) in [5.41, 5.74) is -0.477. The van der Waals surface area contributed by atoms with Gasteiger partial charge in [0.1, 0.15) is 12.1 Å². The topological polar surface area (TPSA) is 121 Å². The predicted molar refractivity (Wildman–Crippen MR) is 90.2 cm³/mol. The van der Waals surface area contributed by atoms with Crippen molar-refractivity contribution in [1.29, 1.82) is 0 Å². The molecule has 0 aliphatic carbocycles. The molecule has 2 aromatic rings. The van der Waals surface area contributed by atoms with E-state index in [0.29, 0.717) is 42.2 Å². The molecule has 134 valence electrons. The fourth-order valence-electron chi connectivity index (χ4n) is 3.71. The molecule has 3 N–H and O–H groups in total. The number of pyridine rings is 1. The van der Waals surface area contributed by atoms with E-state index in [-0.39, 0.29) is 18.6 Å². The van der Waals surface area contributed by atoms with Gasteiger partial charge in [0.2, 0.25) is 0 Å². The number of hydrogen-bond acceptors (Lipinski definition) is 7. The van der Waals surface area contributed by atoms with Crippen molar-refractivity contribution in [2.24, 2.45) is 5.92 Å². The smallest absolute Gasteiger partial charge is 0.329 e. The zero-order chi connectivity index (χ0) is 17.7. The van der Waals surface area contributed by atoms with Gasteiger partial charge in [-0.15, -0.1) is 0 Å². The van der Waals surface area contributed by atoms with Gasteiger partial charge in [-0.05, 0) is 13.3 Å². The molecule has 0 amide bonds. The van der Waals surface area contributed by atoms with Crippen LogP contribution in [-0.4, -0.2) is 57.2 Å². The van der Waals surface area contributed by atoms with Crippen LogP contribution in [0.1, 0.15) is 19.4 Å². The van der Waals surface area contributed by atoms with E-state index in [0.717, 1.165) is 6.42 Å². The van der Waals surface area contributed by atoms with E-state index in [2.05, 4.69) is 9.97 Å². The fourth-order valence-corrected chi connectivity index (χ4v) is 3.71. The first-order chi connectivity index (χ1) is 12.0. The Kier molecular flexibility index (Phi) is 3.77. The number of nitrogens with zero attached hydrogens (tertiary/aromatic N) is 3. The summed E-state index contributed by atoms with van der Waals surface area (Å²) in [5.74, 6) is 0.933. The van der Waals surface area contributed by atoms with E-state index in [1.165, 1.54) is 10.8 Å². The highest BCUT2D eigenvalue weighted by molar-refractivity contribution is 5.88. The summed E-state index contributed by atoms with van der Waals surface area (Å²) in [4.78, 5) is 33.1. The number of nitrogens with one attached hydrogen (secondary N) is 1. The van der Waals surface area contributed by atoms with Gasteiger partial charge in [-0.25, -0.2) is 9.78 Å². The zero-order valence-corrected chi connectivity index (χ0v) is 13.8. The van der Waals surface area contributed by atoms with Crippen molar-refractivity contribution >= 4 is 16.7 Å². The van der Waals surface area contributed by atoms with Crippen LogP contribution in [0.15, 0.2) is 15.8 Å². The molecular weight excluding hydrogens is 328 g/mol. The van der Waals surface area contributed by atoms with Crippen LogP contribution in [0.3, 0.4) is 0 Å². The third kappa shape index (κ3) is 2.42. The molecule has 0 bridgehead atoms. The Bertz CT molecular complexity index is 936. The number of aromatic amines is 1. The van der Waals surface area contributed by atoms with Crippen LogP contribution in [0, 0.1) is 5.92 Å². The average molecular weight is 348 g/mol. The minimum absolute atomic E-state index is 0.0569. The number of aromatic nitrogens is 3. The first kappa shape index (κ1) is 16.1. The van der Waals surface area contributed by atoms with Crippen molar-refractivity contribution in [3.63, 3.8) is 0 Å². The lowest BCUT2D eigenvalue weighted by atomic mass is 10.0. The molecule has 4 rings (SSSR count). The number of hydrogen-bond donors (Lipinski definition) is 3. The monoisotopic (exact) mass is 348 g/mol. The standard InChI is InChI=1S/C16H20N4O5/c1-8-7-25-13-12-10(15(23)18-16(24)20(8)12)4-17-14(13)19-3-2-9(5-19)11(22)6-21/h4,8-9,11,21-22H,2-3,5-7H2,1H3,(H,18,23,24). The van der Waals surface area contributed by atoms with Gasteiger partial charge >= 0.3 is 5.69 Å². The van der Waals surface area contributed by atoms with Gasteiger partial charge in [0.15, 0.2) is 11.6 Å². The van der Waals surface area contributed by atoms with Crippen molar-refractivity contribution in [2.45, 2.75) is 25.5 Å². The van der Waals surface area contributed by atoms with Gasteiger partial charge in [0.25, 0.3) is 5.56 Å². The lowest BCUT2D eigenvalue weighted by Gasteiger charge is -2.29. The highest BCUT2D eigenvalue weighted by atomic mass is 16.5. The number of aliphatic hydroxyl groups excluding tert-OH is 2. The third-order valence-electron chi connectivity index (χ3n) is 5.08. The molecule has 9 heteroatoms. The average Bonchev–Trinajstić information content (AvgIpc) is 3.08. The summed E-state index contributed by atoms with van der Waals surface area (Å²) in [6.07, 6.45) is 1.41. The van der Waals surface area contributed by atoms with Crippen molar-refractivity contribution in [3.05, 3.63) is 27.0 Å². The second kappa shape index (κ2) is 5.85. The zero-order valence-electron chi connectivity index (χ0n) is 13.8. The molecule has 25 heavy (non-hydrogen) atoms. The second-order valence-electron chi connectivity index (χ2n) is 6.71. The van der Waals surface area contributed by atoms with Crippen LogP contribution in [-0.2, 0) is 0 Å². The van der Waals surface area contributed by atoms with E-state index in [1.54, 1.807) is 0 Å². The van der Waals surface area contributed by atoms with Gasteiger partial charge in [-0.1, -0.05) is 0 Å². The molecule has 2 aliphatic rings. The maximum atomic E-state index is 12.3. The molecule has 0 saturated carbocycles. The lowest BCUT2D eigenvalue weighted by molar-refractivity contribution is 0.0545. The van der Waals surface area contributed by atoms with Crippen molar-refractivity contribution in [1.82, 2.24) is 14.5 Å². The fraction of sp³-hybridized carbons (Fsp3) is 0.562. The SMILES string of the molecule is CC1COc2c(N3CCC(C(O)CO)C3)ncc3c(=O)[nH]c(=O)n1c23. The number of H-pyrrole nitrogens is 1. The molecule has 9 nitrogen and oxygen atoms in total. The second-order valence-corrected chi connectivity index (χ2v) is 6.71. The van der Waals surface area contributed by atoms with E-state index in [9.17, 15) is 14.7 Å². The van der Waals surface area contributed by atoms with Crippen LogP contribution in [0.2, 0.25) is 0 Å². The minimum Gasteiger partial charge on any atom is -0.485 e. The predicted octanol–water partition coefficient (Wildman–Crippen LogP) is -0.782. The largest absolute Gasteiger partial charge is 0.485 e. The maximum Gasteiger partial charge on any atom is 0.329 e. The summed E-state index contributed by atoms with van der Waals surface area (Å²) >= 11 is 0. The summed E-state index contributed by atoms with van der Waals surface area (Å²) in [7, 11) is 0. The first-order valence-electron chi connectivity index (χ1n) is 8.35. The van der Waals surface area contributed by atoms with Gasteiger partial charge in [0.05, 0.1) is 24.1 Å². The Hall–Kier alpha value is -2.39. The molecule has 1 saturated heterocycles. The molecule has 2 aliphatic heterocycles. The molecule has 2 aromatic heterocycles. The van der Waals surface area contributed by atoms with Crippen LogP contribution in [0.4, 0.5) is 5.82 Å². The van der Waals surface area contributed by atoms with Gasteiger partial charge < -0.3 is 19.8 Å². The Morgan fingerprint density at radius 2 is 2.28 bits per heavy atom. The lowest BCUT2D eigenvalue weighted by Crippen LogP contribution is -2.37. The van der Waals surface area contributed by atoms with E-state index < -0.39 is 17.4 Å². The molecule has 1 fully saturated rings. The molecule has 0 radical (unpaired) electrons. The van der Waals surface area contributed by atoms with Gasteiger partial charge in [-0.3, -0.25) is 14.3 Å². The summed E-state index contributed by atoms with van der Waals surface area (Å²) in [6, 6.07) is -0.197. The maximum absolute atomic E-state index is 12.3. The van der Waals surface area contributed by atoms with Gasteiger partial charge in [-0.2, -0.15) is 0 Å². The molecule has 3 unspecified atom stereocenters. The number of ether oxygens (including phenoxy) is 1. The summed E-state index contributed by atoms with van der Waals surface area (Å²) in [6.45, 7) is 3.06. The minimum atomic E-state index is -0.774. The molecule has 4 heterocycles.